The summed E-state index contributed by atoms with van der Waals surface area (Å²) in [6.45, 7) is 2.65. The Morgan fingerprint density at radius 3 is 3.24 bits per heavy atom. The molecule has 0 bridgehead atoms. The van der Waals surface area contributed by atoms with Gasteiger partial charge in [-0.15, -0.1) is 0 Å². The van der Waals surface area contributed by atoms with E-state index in [2.05, 4.69) is 21.4 Å². The molecule has 0 aliphatic heterocycles. The number of fused-ring (bicyclic) bond motifs is 1. The van der Waals surface area contributed by atoms with Crippen molar-refractivity contribution in [2.24, 2.45) is 0 Å². The minimum Gasteiger partial charge on any atom is -0.394 e. The largest absolute Gasteiger partial charge is 0.394 e. The fourth-order valence-corrected chi connectivity index (χ4v) is 1.69. The summed E-state index contributed by atoms with van der Waals surface area (Å²) in [6, 6.07) is 3.99. The van der Waals surface area contributed by atoms with Gasteiger partial charge in [0.2, 0.25) is 0 Å². The molecule has 2 aromatic rings. The van der Waals surface area contributed by atoms with E-state index >= 15 is 0 Å². The third-order valence-electron chi connectivity index (χ3n) is 2.51. The van der Waals surface area contributed by atoms with Crippen LogP contribution in [0.5, 0.6) is 0 Å². The molecule has 0 aromatic carbocycles. The fourth-order valence-electron chi connectivity index (χ4n) is 1.69. The summed E-state index contributed by atoms with van der Waals surface area (Å²) >= 11 is 0. The molecule has 0 aliphatic rings. The first-order chi connectivity index (χ1) is 8.42. The number of ether oxygens (including phenoxy) is 1. The van der Waals surface area contributed by atoms with Crippen LogP contribution in [-0.2, 0) is 11.3 Å². The van der Waals surface area contributed by atoms with E-state index < -0.39 is 0 Å². The van der Waals surface area contributed by atoms with E-state index in [1.807, 2.05) is 12.3 Å². The molecule has 92 valence electrons. The van der Waals surface area contributed by atoms with E-state index in [1.54, 1.807) is 6.20 Å². The van der Waals surface area contributed by atoms with Gasteiger partial charge in [0, 0.05) is 30.9 Å². The van der Waals surface area contributed by atoms with E-state index in [0.717, 1.165) is 24.1 Å². The first-order valence-corrected chi connectivity index (χ1v) is 5.72. The minimum absolute atomic E-state index is 0.0775. The molecule has 3 N–H and O–H groups in total. The lowest BCUT2D eigenvalue weighted by molar-refractivity contribution is 0.0938. The molecule has 0 amide bonds. The molecule has 0 radical (unpaired) electrons. The van der Waals surface area contributed by atoms with Crippen molar-refractivity contribution in [1.29, 1.82) is 0 Å². The van der Waals surface area contributed by atoms with Crippen LogP contribution in [0, 0.1) is 0 Å². The fraction of sp³-hybridized carbons (Fsp3) is 0.417. The van der Waals surface area contributed by atoms with Gasteiger partial charge in [-0.2, -0.15) is 0 Å². The van der Waals surface area contributed by atoms with Gasteiger partial charge in [-0.3, -0.25) is 0 Å². The van der Waals surface area contributed by atoms with Crippen molar-refractivity contribution in [3.8, 4) is 0 Å². The van der Waals surface area contributed by atoms with Crippen molar-refractivity contribution >= 4 is 11.0 Å². The summed E-state index contributed by atoms with van der Waals surface area (Å²) in [5.74, 6) is 0. The van der Waals surface area contributed by atoms with Crippen LogP contribution < -0.4 is 5.32 Å². The van der Waals surface area contributed by atoms with Gasteiger partial charge in [-0.05, 0) is 17.7 Å². The van der Waals surface area contributed by atoms with Crippen LogP contribution in [0.2, 0.25) is 0 Å². The van der Waals surface area contributed by atoms with Crippen molar-refractivity contribution in [3.63, 3.8) is 0 Å². The van der Waals surface area contributed by atoms with Gasteiger partial charge in [0.15, 0.2) is 0 Å². The number of H-pyrrole nitrogens is 1. The van der Waals surface area contributed by atoms with Gasteiger partial charge in [0.05, 0.1) is 19.8 Å². The van der Waals surface area contributed by atoms with Crippen molar-refractivity contribution < 1.29 is 9.84 Å². The number of hydrogen-bond acceptors (Lipinski definition) is 4. The molecule has 2 rings (SSSR count). The van der Waals surface area contributed by atoms with Gasteiger partial charge >= 0.3 is 0 Å². The molecule has 0 unspecified atom stereocenters. The lowest BCUT2D eigenvalue weighted by Crippen LogP contribution is -2.19. The van der Waals surface area contributed by atoms with Crippen LogP contribution >= 0.6 is 0 Å². The maximum atomic E-state index is 8.53. The van der Waals surface area contributed by atoms with Gasteiger partial charge < -0.3 is 20.1 Å². The zero-order chi connectivity index (χ0) is 11.9. The number of nitrogens with one attached hydrogen (secondary N) is 2. The molecule has 0 saturated heterocycles. The second-order valence-corrected chi connectivity index (χ2v) is 3.73. The van der Waals surface area contributed by atoms with Crippen molar-refractivity contribution in [2.75, 3.05) is 26.4 Å². The molecule has 0 spiro atoms. The van der Waals surface area contributed by atoms with Crippen molar-refractivity contribution in [2.45, 2.75) is 6.54 Å². The number of aromatic nitrogens is 2. The first-order valence-electron chi connectivity index (χ1n) is 5.72. The normalized spacial score (nSPS) is 11.1. The maximum Gasteiger partial charge on any atom is 0.137 e. The minimum atomic E-state index is 0.0775. The zero-order valence-corrected chi connectivity index (χ0v) is 9.65. The average Bonchev–Trinajstić information content (AvgIpc) is 2.77. The summed E-state index contributed by atoms with van der Waals surface area (Å²) in [5.41, 5.74) is 2.12. The summed E-state index contributed by atoms with van der Waals surface area (Å²) in [4.78, 5) is 7.37. The van der Waals surface area contributed by atoms with Crippen molar-refractivity contribution in [1.82, 2.24) is 15.3 Å². The van der Waals surface area contributed by atoms with E-state index in [-0.39, 0.29) is 6.61 Å². The highest BCUT2D eigenvalue weighted by Gasteiger charge is 2.02. The Morgan fingerprint density at radius 1 is 1.41 bits per heavy atom. The number of nitrogens with zero attached hydrogens (tertiary/aromatic N) is 1. The Balaban J connectivity index is 1.79. The van der Waals surface area contributed by atoms with Gasteiger partial charge in [0.1, 0.15) is 5.65 Å². The highest BCUT2D eigenvalue weighted by Crippen LogP contribution is 2.14. The molecule has 5 heteroatoms. The molecular formula is C12H17N3O2. The molecule has 17 heavy (non-hydrogen) atoms. The number of pyridine rings is 1. The van der Waals surface area contributed by atoms with Gasteiger partial charge in [-0.1, -0.05) is 0 Å². The number of aliphatic hydroxyl groups is 1. The Kier molecular flexibility index (Phi) is 4.49. The third-order valence-corrected chi connectivity index (χ3v) is 2.51. The monoisotopic (exact) mass is 235 g/mol. The number of aliphatic hydroxyl groups excluding tert-OH is 1. The van der Waals surface area contributed by atoms with E-state index in [9.17, 15) is 0 Å². The Bertz CT molecular complexity index is 456. The molecule has 0 atom stereocenters. The second kappa shape index (κ2) is 6.34. The average molecular weight is 235 g/mol. The van der Waals surface area contributed by atoms with Crippen LogP contribution in [0.4, 0.5) is 0 Å². The topological polar surface area (TPSA) is 70.2 Å². The summed E-state index contributed by atoms with van der Waals surface area (Å²) in [6.07, 6.45) is 3.75. The Labute approximate surface area is 99.8 Å². The quantitative estimate of drug-likeness (QED) is 0.617. The predicted octanol–water partition coefficient (Wildman–Crippen LogP) is 0.661. The van der Waals surface area contributed by atoms with Crippen LogP contribution in [0.1, 0.15) is 5.56 Å². The molecule has 2 heterocycles. The van der Waals surface area contributed by atoms with Crippen LogP contribution in [0.3, 0.4) is 0 Å². The standard InChI is InChI=1S/C12H17N3O2/c16-5-7-17-6-4-13-8-10-9-15-12-11(10)2-1-3-14-12/h1-3,9,13,16H,4-8H2,(H,14,15). The Morgan fingerprint density at radius 2 is 2.35 bits per heavy atom. The zero-order valence-electron chi connectivity index (χ0n) is 9.65. The van der Waals surface area contributed by atoms with Crippen LogP contribution in [0.15, 0.2) is 24.5 Å². The molecular weight excluding hydrogens is 218 g/mol. The van der Waals surface area contributed by atoms with Crippen LogP contribution in [0.25, 0.3) is 11.0 Å². The summed E-state index contributed by atoms with van der Waals surface area (Å²) < 4.78 is 5.16. The SMILES string of the molecule is OCCOCCNCc1c[nH]c2ncccc12. The van der Waals surface area contributed by atoms with Gasteiger partial charge in [-0.25, -0.2) is 4.98 Å². The highest BCUT2D eigenvalue weighted by molar-refractivity contribution is 5.79. The molecule has 5 nitrogen and oxygen atoms in total. The first kappa shape index (κ1) is 12.0. The number of rotatable bonds is 7. The number of aromatic amines is 1. The smallest absolute Gasteiger partial charge is 0.137 e. The molecule has 0 saturated carbocycles. The van der Waals surface area contributed by atoms with E-state index in [4.69, 9.17) is 9.84 Å². The van der Waals surface area contributed by atoms with Crippen molar-refractivity contribution in [3.05, 3.63) is 30.1 Å². The lowest BCUT2D eigenvalue weighted by atomic mass is 10.2. The van der Waals surface area contributed by atoms with Gasteiger partial charge in [0.25, 0.3) is 0 Å². The molecule has 0 aliphatic carbocycles. The second-order valence-electron chi connectivity index (χ2n) is 3.73. The molecule has 2 aromatic heterocycles. The van der Waals surface area contributed by atoms with Crippen LogP contribution in [-0.4, -0.2) is 41.4 Å². The van der Waals surface area contributed by atoms with E-state index in [0.29, 0.717) is 13.2 Å². The summed E-state index contributed by atoms with van der Waals surface area (Å²) in [5, 5.41) is 13.0. The lowest BCUT2D eigenvalue weighted by Gasteiger charge is -2.04. The Hall–Kier alpha value is -1.43. The number of hydrogen-bond donors (Lipinski definition) is 3. The summed E-state index contributed by atoms with van der Waals surface area (Å²) in [7, 11) is 0. The van der Waals surface area contributed by atoms with E-state index in [1.165, 1.54) is 5.56 Å². The highest BCUT2D eigenvalue weighted by atomic mass is 16.5. The maximum absolute atomic E-state index is 8.53. The predicted molar refractivity (Wildman–Crippen MR) is 65.7 cm³/mol. The molecule has 0 fully saturated rings. The third kappa shape index (κ3) is 3.26.